The highest BCUT2D eigenvalue weighted by molar-refractivity contribution is 5.77. The van der Waals surface area contributed by atoms with Crippen molar-refractivity contribution >= 4 is 5.91 Å². The van der Waals surface area contributed by atoms with Crippen LogP contribution in [0.5, 0.6) is 0 Å². The van der Waals surface area contributed by atoms with Gasteiger partial charge >= 0.3 is 0 Å². The van der Waals surface area contributed by atoms with Crippen molar-refractivity contribution in [2.45, 2.75) is 25.5 Å². The minimum absolute atomic E-state index is 0.280. The third-order valence-corrected chi connectivity index (χ3v) is 4.73. The SMILES string of the molecule is CO[C@H](C[C@H](CCN(C)Cc1ccc(F)cc1)C(=O)NO)c1ccc(F)cc1. The molecule has 2 aromatic carbocycles. The Hall–Kier alpha value is -2.35. The number of ether oxygens (including phenoxy) is 1. The van der Waals surface area contributed by atoms with Gasteiger partial charge in [0.05, 0.1) is 6.10 Å². The Balaban J connectivity index is 1.97. The molecule has 0 saturated heterocycles. The molecule has 0 saturated carbocycles. The van der Waals surface area contributed by atoms with Crippen LogP contribution in [0.3, 0.4) is 0 Å². The summed E-state index contributed by atoms with van der Waals surface area (Å²) in [5.74, 6) is -1.60. The van der Waals surface area contributed by atoms with Crippen molar-refractivity contribution in [3.05, 3.63) is 71.3 Å². The third-order valence-electron chi connectivity index (χ3n) is 4.73. The highest BCUT2D eigenvalue weighted by Gasteiger charge is 2.24. The fourth-order valence-electron chi connectivity index (χ4n) is 3.11. The van der Waals surface area contributed by atoms with E-state index >= 15 is 0 Å². The number of hydroxylamine groups is 1. The zero-order valence-electron chi connectivity index (χ0n) is 16.1. The van der Waals surface area contributed by atoms with E-state index in [1.54, 1.807) is 29.7 Å². The summed E-state index contributed by atoms with van der Waals surface area (Å²) >= 11 is 0. The molecule has 0 heterocycles. The molecule has 0 bridgehead atoms. The predicted octanol–water partition coefficient (Wildman–Crippen LogP) is 3.69. The number of nitrogens with one attached hydrogen (secondary N) is 1. The first-order chi connectivity index (χ1) is 13.4. The van der Waals surface area contributed by atoms with Crippen LogP contribution in [-0.2, 0) is 16.1 Å². The van der Waals surface area contributed by atoms with Gasteiger partial charge in [0, 0.05) is 19.6 Å². The lowest BCUT2D eigenvalue weighted by atomic mass is 9.93. The molecule has 152 valence electrons. The molecule has 28 heavy (non-hydrogen) atoms. The summed E-state index contributed by atoms with van der Waals surface area (Å²) in [7, 11) is 3.44. The zero-order valence-corrected chi connectivity index (χ0v) is 16.1. The van der Waals surface area contributed by atoms with Gasteiger partial charge in [0.25, 0.3) is 0 Å². The molecular formula is C21H26F2N2O3. The Morgan fingerprint density at radius 2 is 1.68 bits per heavy atom. The topological polar surface area (TPSA) is 61.8 Å². The number of carbonyl (C=O) groups excluding carboxylic acids is 1. The van der Waals surface area contributed by atoms with Gasteiger partial charge in [0.15, 0.2) is 0 Å². The molecule has 2 atom stereocenters. The first kappa shape index (κ1) is 21.9. The lowest BCUT2D eigenvalue weighted by molar-refractivity contribution is -0.135. The van der Waals surface area contributed by atoms with Crippen LogP contribution in [0.15, 0.2) is 48.5 Å². The molecule has 2 N–H and O–H groups in total. The molecule has 0 unspecified atom stereocenters. The summed E-state index contributed by atoms with van der Waals surface area (Å²) in [6.07, 6.45) is 0.439. The predicted molar refractivity (Wildman–Crippen MR) is 102 cm³/mol. The maximum Gasteiger partial charge on any atom is 0.246 e. The van der Waals surface area contributed by atoms with Crippen molar-refractivity contribution in [3.8, 4) is 0 Å². The smallest absolute Gasteiger partial charge is 0.246 e. The largest absolute Gasteiger partial charge is 0.377 e. The van der Waals surface area contributed by atoms with Gasteiger partial charge in [-0.15, -0.1) is 0 Å². The van der Waals surface area contributed by atoms with E-state index in [1.165, 1.54) is 31.4 Å². The van der Waals surface area contributed by atoms with E-state index in [-0.39, 0.29) is 11.6 Å². The molecular weight excluding hydrogens is 366 g/mol. The van der Waals surface area contributed by atoms with Crippen molar-refractivity contribution in [3.63, 3.8) is 0 Å². The van der Waals surface area contributed by atoms with Crippen LogP contribution in [0.4, 0.5) is 8.78 Å². The monoisotopic (exact) mass is 392 g/mol. The molecule has 0 spiro atoms. The first-order valence-electron chi connectivity index (χ1n) is 9.08. The number of halogens is 2. The number of carbonyl (C=O) groups is 1. The van der Waals surface area contributed by atoms with Gasteiger partial charge in [-0.05, 0) is 61.8 Å². The maximum atomic E-state index is 13.1. The fraction of sp³-hybridized carbons (Fsp3) is 0.381. The van der Waals surface area contributed by atoms with Crippen molar-refractivity contribution in [1.82, 2.24) is 10.4 Å². The highest BCUT2D eigenvalue weighted by Crippen LogP contribution is 2.27. The Morgan fingerprint density at radius 1 is 1.11 bits per heavy atom. The van der Waals surface area contributed by atoms with Crippen LogP contribution in [0.25, 0.3) is 0 Å². The molecule has 0 aliphatic heterocycles. The molecule has 0 fully saturated rings. The molecule has 7 heteroatoms. The maximum absolute atomic E-state index is 13.1. The van der Waals surface area contributed by atoms with E-state index in [9.17, 15) is 13.6 Å². The minimum Gasteiger partial charge on any atom is -0.377 e. The Morgan fingerprint density at radius 3 is 2.21 bits per heavy atom. The number of benzene rings is 2. The molecule has 1 amide bonds. The van der Waals surface area contributed by atoms with E-state index < -0.39 is 17.9 Å². The van der Waals surface area contributed by atoms with E-state index in [2.05, 4.69) is 0 Å². The average molecular weight is 392 g/mol. The number of hydrogen-bond acceptors (Lipinski definition) is 4. The summed E-state index contributed by atoms with van der Waals surface area (Å²) in [5.41, 5.74) is 3.45. The Bertz CT molecular complexity index is 738. The highest BCUT2D eigenvalue weighted by atomic mass is 19.1. The second kappa shape index (κ2) is 10.8. The van der Waals surface area contributed by atoms with Crippen molar-refractivity contribution in [2.24, 2.45) is 5.92 Å². The van der Waals surface area contributed by atoms with Gasteiger partial charge < -0.3 is 9.64 Å². The average Bonchev–Trinajstić information content (AvgIpc) is 2.70. The second-order valence-corrected chi connectivity index (χ2v) is 6.84. The van der Waals surface area contributed by atoms with Crippen molar-refractivity contribution in [1.29, 1.82) is 0 Å². The van der Waals surface area contributed by atoms with Crippen LogP contribution in [0.2, 0.25) is 0 Å². The molecule has 5 nitrogen and oxygen atoms in total. The van der Waals surface area contributed by atoms with Gasteiger partial charge in [0.2, 0.25) is 5.91 Å². The summed E-state index contributed by atoms with van der Waals surface area (Å²) in [4.78, 5) is 14.1. The second-order valence-electron chi connectivity index (χ2n) is 6.84. The third kappa shape index (κ3) is 6.67. The van der Waals surface area contributed by atoms with E-state index in [0.717, 1.165) is 11.1 Å². The lowest BCUT2D eigenvalue weighted by Crippen LogP contribution is -2.32. The van der Waals surface area contributed by atoms with Crippen LogP contribution in [0.1, 0.15) is 30.1 Å². The van der Waals surface area contributed by atoms with Crippen molar-refractivity contribution in [2.75, 3.05) is 20.7 Å². The molecule has 2 aromatic rings. The molecule has 2 rings (SSSR count). The Labute approximate surface area is 163 Å². The molecule has 0 aromatic heterocycles. The van der Waals surface area contributed by atoms with Crippen LogP contribution in [-0.4, -0.2) is 36.7 Å². The van der Waals surface area contributed by atoms with Crippen molar-refractivity contribution < 1.29 is 23.5 Å². The number of rotatable bonds is 10. The van der Waals surface area contributed by atoms with Crippen LogP contribution < -0.4 is 5.48 Å². The van der Waals surface area contributed by atoms with Gasteiger partial charge in [-0.1, -0.05) is 24.3 Å². The zero-order chi connectivity index (χ0) is 20.5. The molecule has 0 aliphatic carbocycles. The Kier molecular flexibility index (Phi) is 8.50. The van der Waals surface area contributed by atoms with Gasteiger partial charge in [-0.3, -0.25) is 10.0 Å². The summed E-state index contributed by atoms with van der Waals surface area (Å²) < 4.78 is 31.6. The van der Waals surface area contributed by atoms with Gasteiger partial charge in [-0.25, -0.2) is 14.3 Å². The number of methoxy groups -OCH3 is 1. The summed E-state index contributed by atoms with van der Waals surface area (Å²) in [5, 5.41) is 9.09. The first-order valence-corrected chi connectivity index (χ1v) is 9.08. The van der Waals surface area contributed by atoms with Crippen LogP contribution >= 0.6 is 0 Å². The fourth-order valence-corrected chi connectivity index (χ4v) is 3.11. The molecule has 0 radical (unpaired) electrons. The normalized spacial score (nSPS) is 13.4. The van der Waals surface area contributed by atoms with Gasteiger partial charge in [0.1, 0.15) is 11.6 Å². The van der Waals surface area contributed by atoms with E-state index in [1.807, 2.05) is 11.9 Å². The summed E-state index contributed by atoms with van der Waals surface area (Å²) in [6, 6.07) is 12.2. The minimum atomic E-state index is -0.490. The standard InChI is InChI=1S/C21H26F2N2O3/c1-25(14-15-3-7-18(22)8-4-15)12-11-17(21(26)24-27)13-20(28-2)16-5-9-19(23)10-6-16/h3-10,17,20,27H,11-14H2,1-2H3,(H,24,26)/t17-,20+/m0/s1. The number of amides is 1. The quantitative estimate of drug-likeness (QED) is 0.478. The molecule has 0 aliphatic rings. The van der Waals surface area contributed by atoms with E-state index in [0.29, 0.717) is 25.9 Å². The lowest BCUT2D eigenvalue weighted by Gasteiger charge is -2.24. The van der Waals surface area contributed by atoms with E-state index in [4.69, 9.17) is 9.94 Å². The van der Waals surface area contributed by atoms with Gasteiger partial charge in [-0.2, -0.15) is 0 Å². The number of hydrogen-bond donors (Lipinski definition) is 2. The summed E-state index contributed by atoms with van der Waals surface area (Å²) in [6.45, 7) is 1.20. The number of nitrogens with zero attached hydrogens (tertiary/aromatic N) is 1. The van der Waals surface area contributed by atoms with Crippen LogP contribution in [0, 0.1) is 17.6 Å².